The van der Waals surface area contributed by atoms with E-state index in [9.17, 15) is 10.1 Å². The predicted octanol–water partition coefficient (Wildman–Crippen LogP) is 4.66. The molecule has 1 amide bonds. The summed E-state index contributed by atoms with van der Waals surface area (Å²) in [5.74, 6) is 0.391. The number of aryl methyl sites for hydroxylation is 1. The number of ether oxygens (including phenoxy) is 1. The Morgan fingerprint density at radius 2 is 2.17 bits per heavy atom. The van der Waals surface area contributed by atoms with E-state index in [0.29, 0.717) is 16.3 Å². The third-order valence-corrected chi connectivity index (χ3v) is 4.96. The van der Waals surface area contributed by atoms with Crippen LogP contribution in [0.5, 0.6) is 5.75 Å². The zero-order valence-corrected chi connectivity index (χ0v) is 15.3. The zero-order valence-electron chi connectivity index (χ0n) is 12.9. The van der Waals surface area contributed by atoms with Crippen LogP contribution in [0.2, 0.25) is 0 Å². The van der Waals surface area contributed by atoms with Crippen molar-refractivity contribution in [3.05, 3.63) is 50.3 Å². The van der Waals surface area contributed by atoms with Crippen LogP contribution in [0.4, 0.5) is 5.00 Å². The number of rotatable bonds is 4. The number of carbonyl (C=O) groups is 1. The van der Waals surface area contributed by atoms with Gasteiger partial charge in [0.2, 0.25) is 5.91 Å². The van der Waals surface area contributed by atoms with Crippen LogP contribution in [0.3, 0.4) is 0 Å². The number of methoxy groups -OCH3 is 1. The van der Waals surface area contributed by atoms with Crippen molar-refractivity contribution in [3.8, 4) is 11.8 Å². The van der Waals surface area contributed by atoms with E-state index in [1.54, 1.807) is 13.2 Å². The van der Waals surface area contributed by atoms with Crippen molar-refractivity contribution in [1.29, 1.82) is 5.26 Å². The molecule has 0 radical (unpaired) electrons. The van der Waals surface area contributed by atoms with Crippen molar-refractivity contribution in [2.24, 2.45) is 0 Å². The van der Waals surface area contributed by atoms with Gasteiger partial charge in [0.1, 0.15) is 16.8 Å². The van der Waals surface area contributed by atoms with Crippen molar-refractivity contribution in [2.45, 2.75) is 13.8 Å². The van der Waals surface area contributed by atoms with Gasteiger partial charge in [-0.25, -0.2) is 0 Å². The molecule has 0 bridgehead atoms. The van der Waals surface area contributed by atoms with Crippen molar-refractivity contribution in [3.63, 3.8) is 0 Å². The van der Waals surface area contributed by atoms with Gasteiger partial charge in [-0.1, -0.05) is 15.9 Å². The SMILES string of the molecule is COc1ccc(Br)cc1/C=C/C(=O)Nc1sc(C)c(C)c1C#N. The molecular weight excluding hydrogens is 376 g/mol. The lowest BCUT2D eigenvalue weighted by Crippen LogP contribution is -2.07. The van der Waals surface area contributed by atoms with Crippen LogP contribution in [-0.2, 0) is 4.79 Å². The minimum Gasteiger partial charge on any atom is -0.496 e. The highest BCUT2D eigenvalue weighted by atomic mass is 79.9. The van der Waals surface area contributed by atoms with Gasteiger partial charge in [-0.2, -0.15) is 5.26 Å². The number of nitrogens with zero attached hydrogens (tertiary/aromatic N) is 1. The molecule has 0 aliphatic heterocycles. The average Bonchev–Trinajstić information content (AvgIpc) is 2.79. The molecule has 6 heteroatoms. The molecule has 0 atom stereocenters. The minimum atomic E-state index is -0.287. The Morgan fingerprint density at radius 1 is 1.43 bits per heavy atom. The van der Waals surface area contributed by atoms with Crippen LogP contribution in [-0.4, -0.2) is 13.0 Å². The second kappa shape index (κ2) is 7.44. The molecule has 0 unspecified atom stereocenters. The Morgan fingerprint density at radius 3 is 2.83 bits per heavy atom. The van der Waals surface area contributed by atoms with E-state index in [1.807, 2.05) is 32.0 Å². The number of thiophene rings is 1. The summed E-state index contributed by atoms with van der Waals surface area (Å²) in [4.78, 5) is 13.1. The number of carbonyl (C=O) groups excluding carboxylic acids is 1. The molecule has 2 rings (SSSR count). The standard InChI is InChI=1S/C17H15BrN2O2S/c1-10-11(2)23-17(14(10)9-19)20-16(21)7-4-12-8-13(18)5-6-15(12)22-3/h4-8H,1-3H3,(H,20,21)/b7-4+. The fourth-order valence-corrected chi connectivity index (χ4v) is 3.40. The maximum absolute atomic E-state index is 12.1. The summed E-state index contributed by atoms with van der Waals surface area (Å²) in [5, 5.41) is 12.5. The number of amides is 1. The molecule has 0 saturated carbocycles. The van der Waals surface area contributed by atoms with Crippen LogP contribution < -0.4 is 10.1 Å². The van der Waals surface area contributed by atoms with E-state index in [2.05, 4.69) is 27.3 Å². The van der Waals surface area contributed by atoms with Crippen LogP contribution >= 0.6 is 27.3 Å². The van der Waals surface area contributed by atoms with Gasteiger partial charge >= 0.3 is 0 Å². The largest absolute Gasteiger partial charge is 0.496 e. The first-order chi connectivity index (χ1) is 11.0. The van der Waals surface area contributed by atoms with E-state index in [1.165, 1.54) is 17.4 Å². The summed E-state index contributed by atoms with van der Waals surface area (Å²) in [7, 11) is 1.58. The van der Waals surface area contributed by atoms with Crippen molar-refractivity contribution < 1.29 is 9.53 Å². The zero-order chi connectivity index (χ0) is 17.0. The normalized spacial score (nSPS) is 10.6. The highest BCUT2D eigenvalue weighted by Crippen LogP contribution is 2.31. The van der Waals surface area contributed by atoms with Gasteiger partial charge in [-0.15, -0.1) is 11.3 Å². The molecule has 118 valence electrons. The number of benzene rings is 1. The summed E-state index contributed by atoms with van der Waals surface area (Å²) in [6.07, 6.45) is 3.11. The molecule has 0 saturated heterocycles. The molecule has 1 heterocycles. The fraction of sp³-hybridized carbons (Fsp3) is 0.176. The molecule has 1 N–H and O–H groups in total. The highest BCUT2D eigenvalue weighted by Gasteiger charge is 2.13. The van der Waals surface area contributed by atoms with Gasteiger partial charge in [0, 0.05) is 21.0 Å². The molecule has 2 aromatic rings. The molecule has 0 aliphatic carbocycles. The number of halogens is 1. The maximum Gasteiger partial charge on any atom is 0.249 e. The van der Waals surface area contributed by atoms with Gasteiger partial charge in [-0.3, -0.25) is 4.79 Å². The third kappa shape index (κ3) is 4.01. The Balaban J connectivity index is 2.19. The smallest absolute Gasteiger partial charge is 0.249 e. The van der Waals surface area contributed by atoms with E-state index in [4.69, 9.17) is 4.74 Å². The second-order valence-corrected chi connectivity index (χ2v) is 6.95. The summed E-state index contributed by atoms with van der Waals surface area (Å²) < 4.78 is 6.16. The number of nitriles is 1. The molecule has 1 aromatic heterocycles. The Kier molecular flexibility index (Phi) is 5.59. The number of hydrogen-bond acceptors (Lipinski definition) is 4. The van der Waals surface area contributed by atoms with Crippen molar-refractivity contribution in [2.75, 3.05) is 12.4 Å². The second-order valence-electron chi connectivity index (χ2n) is 4.81. The first-order valence-corrected chi connectivity index (χ1v) is 8.40. The van der Waals surface area contributed by atoms with Crippen LogP contribution in [0, 0.1) is 25.2 Å². The van der Waals surface area contributed by atoms with E-state index in [0.717, 1.165) is 20.5 Å². The fourth-order valence-electron chi connectivity index (χ4n) is 2.00. The highest BCUT2D eigenvalue weighted by molar-refractivity contribution is 9.10. The van der Waals surface area contributed by atoms with Gasteiger partial charge in [0.15, 0.2) is 0 Å². The number of hydrogen-bond donors (Lipinski definition) is 1. The van der Waals surface area contributed by atoms with Gasteiger partial charge in [-0.05, 0) is 43.7 Å². The van der Waals surface area contributed by atoms with Gasteiger partial charge < -0.3 is 10.1 Å². The molecule has 0 fully saturated rings. The summed E-state index contributed by atoms with van der Waals surface area (Å²) in [6, 6.07) is 7.69. The number of anilines is 1. The topological polar surface area (TPSA) is 62.1 Å². The summed E-state index contributed by atoms with van der Waals surface area (Å²) in [5.41, 5.74) is 2.22. The minimum absolute atomic E-state index is 0.287. The first-order valence-electron chi connectivity index (χ1n) is 6.79. The van der Waals surface area contributed by atoms with Crippen LogP contribution in [0.15, 0.2) is 28.7 Å². The lowest BCUT2D eigenvalue weighted by atomic mass is 10.2. The molecule has 0 spiro atoms. The average molecular weight is 391 g/mol. The Bertz CT molecular complexity index is 819. The molecular formula is C17H15BrN2O2S. The van der Waals surface area contributed by atoms with Crippen LogP contribution in [0.1, 0.15) is 21.6 Å². The monoisotopic (exact) mass is 390 g/mol. The number of nitrogens with one attached hydrogen (secondary N) is 1. The molecule has 0 aliphatic rings. The third-order valence-electron chi connectivity index (χ3n) is 3.34. The Labute approximate surface area is 147 Å². The Hall–Kier alpha value is -2.10. The summed E-state index contributed by atoms with van der Waals surface area (Å²) in [6.45, 7) is 3.81. The lowest BCUT2D eigenvalue weighted by Gasteiger charge is -2.05. The molecule has 1 aromatic carbocycles. The van der Waals surface area contributed by atoms with Crippen molar-refractivity contribution >= 4 is 44.3 Å². The van der Waals surface area contributed by atoms with Crippen molar-refractivity contribution in [1.82, 2.24) is 0 Å². The van der Waals surface area contributed by atoms with Gasteiger partial charge in [0.05, 0.1) is 12.7 Å². The van der Waals surface area contributed by atoms with Crippen LogP contribution in [0.25, 0.3) is 6.08 Å². The van der Waals surface area contributed by atoms with Gasteiger partial charge in [0.25, 0.3) is 0 Å². The predicted molar refractivity (Wildman–Crippen MR) is 96.9 cm³/mol. The molecule has 23 heavy (non-hydrogen) atoms. The lowest BCUT2D eigenvalue weighted by molar-refractivity contribution is -0.111. The quantitative estimate of drug-likeness (QED) is 0.772. The first kappa shape index (κ1) is 17.3. The van der Waals surface area contributed by atoms with E-state index >= 15 is 0 Å². The van der Waals surface area contributed by atoms with E-state index < -0.39 is 0 Å². The van der Waals surface area contributed by atoms with E-state index in [-0.39, 0.29) is 5.91 Å². The summed E-state index contributed by atoms with van der Waals surface area (Å²) >= 11 is 4.80. The molecule has 4 nitrogen and oxygen atoms in total. The maximum atomic E-state index is 12.1.